The number of methoxy groups -OCH3 is 1. The molecule has 2 aromatic rings. The highest BCUT2D eigenvalue weighted by atomic mass is 16.5. The summed E-state index contributed by atoms with van der Waals surface area (Å²) in [6.45, 7) is 2.11. The minimum absolute atomic E-state index is 0.364. The molecule has 110 valence electrons. The van der Waals surface area contributed by atoms with E-state index in [4.69, 9.17) is 10.5 Å². The molecule has 0 fully saturated rings. The van der Waals surface area contributed by atoms with Crippen molar-refractivity contribution in [3.05, 3.63) is 59.2 Å². The Balaban J connectivity index is 2.07. The van der Waals surface area contributed by atoms with Crippen molar-refractivity contribution in [1.29, 1.82) is 0 Å². The SMILES string of the molecule is COc1ccc2c(c1)C(c1ccc(N)cc1)CN(C)CC2. The van der Waals surface area contributed by atoms with Crippen molar-refractivity contribution in [2.24, 2.45) is 0 Å². The molecule has 1 heterocycles. The maximum absolute atomic E-state index is 5.82. The van der Waals surface area contributed by atoms with Gasteiger partial charge >= 0.3 is 0 Å². The predicted octanol–water partition coefficient (Wildman–Crippen LogP) is 2.90. The van der Waals surface area contributed by atoms with E-state index in [0.717, 1.165) is 30.9 Å². The van der Waals surface area contributed by atoms with E-state index in [2.05, 4.69) is 42.3 Å². The Labute approximate surface area is 126 Å². The maximum atomic E-state index is 5.82. The Morgan fingerprint density at radius 3 is 2.62 bits per heavy atom. The highest BCUT2D eigenvalue weighted by Gasteiger charge is 2.23. The third kappa shape index (κ3) is 2.88. The summed E-state index contributed by atoms with van der Waals surface area (Å²) in [4.78, 5) is 2.40. The molecule has 2 N–H and O–H groups in total. The minimum Gasteiger partial charge on any atom is -0.497 e. The fraction of sp³-hybridized carbons (Fsp3) is 0.333. The van der Waals surface area contributed by atoms with Crippen LogP contribution in [0.2, 0.25) is 0 Å². The molecule has 0 radical (unpaired) electrons. The van der Waals surface area contributed by atoms with Crippen LogP contribution >= 0.6 is 0 Å². The number of fused-ring (bicyclic) bond motifs is 1. The summed E-state index contributed by atoms with van der Waals surface area (Å²) in [6.07, 6.45) is 1.08. The van der Waals surface area contributed by atoms with E-state index in [0.29, 0.717) is 5.92 Å². The van der Waals surface area contributed by atoms with E-state index >= 15 is 0 Å². The van der Waals surface area contributed by atoms with Gasteiger partial charge in [0.1, 0.15) is 5.75 Å². The van der Waals surface area contributed by atoms with Gasteiger partial charge in [-0.2, -0.15) is 0 Å². The number of hydrogen-bond donors (Lipinski definition) is 1. The number of anilines is 1. The van der Waals surface area contributed by atoms with Gasteiger partial charge in [0.05, 0.1) is 7.11 Å². The average Bonchev–Trinajstić information content (AvgIpc) is 2.67. The molecule has 1 aliphatic rings. The first-order chi connectivity index (χ1) is 10.2. The van der Waals surface area contributed by atoms with E-state index in [-0.39, 0.29) is 0 Å². The van der Waals surface area contributed by atoms with Crippen LogP contribution in [0.4, 0.5) is 5.69 Å². The number of likely N-dealkylation sites (N-methyl/N-ethyl adjacent to an activating group) is 1. The van der Waals surface area contributed by atoms with E-state index < -0.39 is 0 Å². The standard InChI is InChI=1S/C18H22N2O/c1-20-10-9-14-5-8-16(21-2)11-17(14)18(12-20)13-3-6-15(19)7-4-13/h3-8,11,18H,9-10,12,19H2,1-2H3. The highest BCUT2D eigenvalue weighted by Crippen LogP contribution is 2.33. The molecule has 0 amide bonds. The number of benzene rings is 2. The smallest absolute Gasteiger partial charge is 0.119 e. The molecular formula is C18H22N2O. The lowest BCUT2D eigenvalue weighted by Gasteiger charge is -2.22. The van der Waals surface area contributed by atoms with E-state index in [1.165, 1.54) is 16.7 Å². The van der Waals surface area contributed by atoms with Gasteiger partial charge in [-0.3, -0.25) is 0 Å². The molecule has 0 aromatic heterocycles. The number of nitrogens with zero attached hydrogens (tertiary/aromatic N) is 1. The second kappa shape index (κ2) is 5.78. The molecule has 3 rings (SSSR count). The van der Waals surface area contributed by atoms with Crippen LogP contribution in [0.25, 0.3) is 0 Å². The topological polar surface area (TPSA) is 38.5 Å². The Hall–Kier alpha value is -2.00. The number of ether oxygens (including phenoxy) is 1. The minimum atomic E-state index is 0.364. The molecule has 0 bridgehead atoms. The van der Waals surface area contributed by atoms with Crippen LogP contribution in [-0.4, -0.2) is 32.1 Å². The Morgan fingerprint density at radius 2 is 1.90 bits per heavy atom. The largest absolute Gasteiger partial charge is 0.497 e. The zero-order chi connectivity index (χ0) is 14.8. The number of nitrogens with two attached hydrogens (primary N) is 1. The van der Waals surface area contributed by atoms with Crippen LogP contribution in [-0.2, 0) is 6.42 Å². The summed E-state index contributed by atoms with van der Waals surface area (Å²) in [6, 6.07) is 14.7. The summed E-state index contributed by atoms with van der Waals surface area (Å²) < 4.78 is 5.42. The van der Waals surface area contributed by atoms with Crippen molar-refractivity contribution in [3.63, 3.8) is 0 Å². The molecule has 2 aromatic carbocycles. The van der Waals surface area contributed by atoms with Crippen molar-refractivity contribution in [1.82, 2.24) is 4.90 Å². The molecule has 1 atom stereocenters. The van der Waals surface area contributed by atoms with Gasteiger partial charge in [0.2, 0.25) is 0 Å². The first-order valence-corrected chi connectivity index (χ1v) is 7.38. The van der Waals surface area contributed by atoms with Crippen LogP contribution in [0.15, 0.2) is 42.5 Å². The molecule has 0 aliphatic carbocycles. The van der Waals surface area contributed by atoms with Crippen molar-refractivity contribution in [2.75, 3.05) is 33.0 Å². The van der Waals surface area contributed by atoms with Gasteiger partial charge in [-0.25, -0.2) is 0 Å². The second-order valence-corrected chi connectivity index (χ2v) is 5.80. The summed E-state index contributed by atoms with van der Waals surface area (Å²) in [5.41, 5.74) is 10.7. The second-order valence-electron chi connectivity index (χ2n) is 5.80. The lowest BCUT2D eigenvalue weighted by molar-refractivity contribution is 0.338. The van der Waals surface area contributed by atoms with Gasteiger partial charge in [0, 0.05) is 24.7 Å². The third-order valence-electron chi connectivity index (χ3n) is 4.32. The molecule has 0 spiro atoms. The summed E-state index contributed by atoms with van der Waals surface area (Å²) in [5.74, 6) is 1.29. The van der Waals surface area contributed by atoms with Gasteiger partial charge in [0.15, 0.2) is 0 Å². The Bertz CT molecular complexity index is 622. The summed E-state index contributed by atoms with van der Waals surface area (Å²) in [7, 11) is 3.91. The quantitative estimate of drug-likeness (QED) is 0.861. The van der Waals surface area contributed by atoms with Gasteiger partial charge < -0.3 is 15.4 Å². The van der Waals surface area contributed by atoms with Gasteiger partial charge in [-0.05, 0) is 54.4 Å². The number of nitrogen functional groups attached to an aromatic ring is 1. The van der Waals surface area contributed by atoms with Gasteiger partial charge in [-0.15, -0.1) is 0 Å². The zero-order valence-electron chi connectivity index (χ0n) is 12.7. The first-order valence-electron chi connectivity index (χ1n) is 7.38. The molecular weight excluding hydrogens is 260 g/mol. The van der Waals surface area contributed by atoms with E-state index in [1.807, 2.05) is 12.1 Å². The van der Waals surface area contributed by atoms with Crippen molar-refractivity contribution in [2.45, 2.75) is 12.3 Å². The molecule has 21 heavy (non-hydrogen) atoms. The molecule has 3 heteroatoms. The van der Waals surface area contributed by atoms with Crippen LogP contribution in [0.3, 0.4) is 0 Å². The van der Waals surface area contributed by atoms with E-state index in [1.54, 1.807) is 7.11 Å². The monoisotopic (exact) mass is 282 g/mol. The highest BCUT2D eigenvalue weighted by molar-refractivity contribution is 5.47. The van der Waals surface area contributed by atoms with Crippen molar-refractivity contribution >= 4 is 5.69 Å². The van der Waals surface area contributed by atoms with Gasteiger partial charge in [0.25, 0.3) is 0 Å². The zero-order valence-corrected chi connectivity index (χ0v) is 12.7. The lowest BCUT2D eigenvalue weighted by atomic mass is 9.88. The van der Waals surface area contributed by atoms with Crippen molar-refractivity contribution < 1.29 is 4.74 Å². The van der Waals surface area contributed by atoms with Crippen LogP contribution < -0.4 is 10.5 Å². The first kappa shape index (κ1) is 14.0. The van der Waals surface area contributed by atoms with E-state index in [9.17, 15) is 0 Å². The summed E-state index contributed by atoms with van der Waals surface area (Å²) >= 11 is 0. The van der Waals surface area contributed by atoms with Gasteiger partial charge in [-0.1, -0.05) is 18.2 Å². The predicted molar refractivity (Wildman–Crippen MR) is 86.9 cm³/mol. The Morgan fingerprint density at radius 1 is 1.14 bits per heavy atom. The average molecular weight is 282 g/mol. The maximum Gasteiger partial charge on any atom is 0.119 e. The fourth-order valence-corrected chi connectivity index (χ4v) is 3.08. The van der Waals surface area contributed by atoms with Crippen LogP contribution in [0, 0.1) is 0 Å². The van der Waals surface area contributed by atoms with Crippen LogP contribution in [0.1, 0.15) is 22.6 Å². The lowest BCUT2D eigenvalue weighted by Crippen LogP contribution is -2.24. The normalized spacial score (nSPS) is 18.9. The Kier molecular flexibility index (Phi) is 3.84. The van der Waals surface area contributed by atoms with Crippen molar-refractivity contribution in [3.8, 4) is 5.75 Å². The van der Waals surface area contributed by atoms with Crippen LogP contribution in [0.5, 0.6) is 5.75 Å². The molecule has 1 aliphatic heterocycles. The molecule has 0 saturated carbocycles. The molecule has 0 saturated heterocycles. The number of hydrogen-bond acceptors (Lipinski definition) is 3. The summed E-state index contributed by atoms with van der Waals surface area (Å²) in [5, 5.41) is 0. The fourth-order valence-electron chi connectivity index (χ4n) is 3.08. The third-order valence-corrected chi connectivity index (χ3v) is 4.32. The molecule has 1 unspecified atom stereocenters. The number of rotatable bonds is 2. The molecule has 3 nitrogen and oxygen atoms in total.